The van der Waals surface area contributed by atoms with Gasteiger partial charge in [-0.15, -0.1) is 11.3 Å². The standard InChI is InChI=1S/C19H17FN2O3S/c1-11-5-3-6-13(9-11)25-10-16(23)21-22-19(24)18-12(2)17-14(20)7-4-8-15(17)26-18/h3-9H,10H2,1-2H3,(H,21,23)(H,22,24). The summed E-state index contributed by atoms with van der Waals surface area (Å²) in [4.78, 5) is 24.5. The van der Waals surface area contributed by atoms with Crippen molar-refractivity contribution in [1.82, 2.24) is 10.9 Å². The molecule has 0 aliphatic rings. The van der Waals surface area contributed by atoms with Gasteiger partial charge < -0.3 is 4.74 Å². The average molecular weight is 372 g/mol. The highest BCUT2D eigenvalue weighted by atomic mass is 32.1. The fraction of sp³-hybridized carbons (Fsp3) is 0.158. The van der Waals surface area contributed by atoms with E-state index in [0.29, 0.717) is 26.3 Å². The molecule has 0 spiro atoms. The summed E-state index contributed by atoms with van der Waals surface area (Å²) in [7, 11) is 0. The third-order valence-corrected chi connectivity index (χ3v) is 5.04. The monoisotopic (exact) mass is 372 g/mol. The molecule has 3 rings (SSSR count). The highest BCUT2D eigenvalue weighted by molar-refractivity contribution is 7.21. The van der Waals surface area contributed by atoms with Gasteiger partial charge in [0.2, 0.25) is 0 Å². The molecule has 134 valence electrons. The molecule has 0 fully saturated rings. The third kappa shape index (κ3) is 3.83. The molecular formula is C19H17FN2O3S. The molecule has 3 aromatic rings. The Labute approximate surface area is 153 Å². The molecule has 5 nitrogen and oxygen atoms in total. The molecule has 0 saturated carbocycles. The lowest BCUT2D eigenvalue weighted by Gasteiger charge is -2.09. The molecule has 0 bridgehead atoms. The highest BCUT2D eigenvalue weighted by Crippen LogP contribution is 2.32. The second-order valence-electron chi connectivity index (χ2n) is 5.78. The number of rotatable bonds is 4. The molecule has 2 amide bonds. The van der Waals surface area contributed by atoms with Gasteiger partial charge in [-0.2, -0.15) is 0 Å². The zero-order chi connectivity index (χ0) is 18.7. The summed E-state index contributed by atoms with van der Waals surface area (Å²) in [5.74, 6) is -0.787. The van der Waals surface area contributed by atoms with Crippen molar-refractivity contribution in [2.75, 3.05) is 6.61 Å². The van der Waals surface area contributed by atoms with Crippen molar-refractivity contribution in [2.24, 2.45) is 0 Å². The smallest absolute Gasteiger partial charge is 0.280 e. The Hall–Kier alpha value is -2.93. The minimum Gasteiger partial charge on any atom is -0.484 e. The Morgan fingerprint density at radius 3 is 2.62 bits per heavy atom. The number of hydrazine groups is 1. The largest absolute Gasteiger partial charge is 0.484 e. The van der Waals surface area contributed by atoms with Crippen LogP contribution >= 0.6 is 11.3 Å². The van der Waals surface area contributed by atoms with Gasteiger partial charge in [-0.3, -0.25) is 20.4 Å². The first-order chi connectivity index (χ1) is 12.5. The molecule has 0 aliphatic carbocycles. The topological polar surface area (TPSA) is 67.4 Å². The Morgan fingerprint density at radius 1 is 1.12 bits per heavy atom. The van der Waals surface area contributed by atoms with Gasteiger partial charge in [-0.25, -0.2) is 4.39 Å². The van der Waals surface area contributed by atoms with Gasteiger partial charge in [-0.1, -0.05) is 18.2 Å². The van der Waals surface area contributed by atoms with Crippen LogP contribution in [0.3, 0.4) is 0 Å². The number of benzene rings is 2. The Balaban J connectivity index is 1.59. The molecule has 0 radical (unpaired) electrons. The van der Waals surface area contributed by atoms with E-state index in [1.54, 1.807) is 31.2 Å². The van der Waals surface area contributed by atoms with Crippen LogP contribution in [0.5, 0.6) is 5.75 Å². The quantitative estimate of drug-likeness (QED) is 0.689. The summed E-state index contributed by atoms with van der Waals surface area (Å²) in [6.45, 7) is 3.37. The first-order valence-corrected chi connectivity index (χ1v) is 8.73. The van der Waals surface area contributed by atoms with E-state index >= 15 is 0 Å². The molecule has 1 aromatic heterocycles. The van der Waals surface area contributed by atoms with Gasteiger partial charge >= 0.3 is 0 Å². The minimum atomic E-state index is -0.496. The van der Waals surface area contributed by atoms with Crippen LogP contribution in [0.1, 0.15) is 20.8 Å². The number of nitrogens with one attached hydrogen (secondary N) is 2. The van der Waals surface area contributed by atoms with Crippen molar-refractivity contribution in [3.63, 3.8) is 0 Å². The van der Waals surface area contributed by atoms with E-state index in [-0.39, 0.29) is 12.4 Å². The maximum Gasteiger partial charge on any atom is 0.280 e. The molecule has 0 aliphatic heterocycles. The van der Waals surface area contributed by atoms with Crippen LogP contribution in [0.4, 0.5) is 4.39 Å². The van der Waals surface area contributed by atoms with Gasteiger partial charge in [0.05, 0.1) is 4.88 Å². The summed E-state index contributed by atoms with van der Waals surface area (Å²) in [5, 5.41) is 0.428. The predicted octanol–water partition coefficient (Wildman–Crippen LogP) is 3.50. The molecule has 0 saturated heterocycles. The lowest BCUT2D eigenvalue weighted by molar-refractivity contribution is -0.123. The lowest BCUT2D eigenvalue weighted by atomic mass is 10.1. The van der Waals surface area contributed by atoms with Crippen LogP contribution in [0.25, 0.3) is 10.1 Å². The van der Waals surface area contributed by atoms with Crippen LogP contribution in [0.15, 0.2) is 42.5 Å². The normalized spacial score (nSPS) is 10.6. The van der Waals surface area contributed by atoms with E-state index in [1.807, 2.05) is 19.1 Å². The summed E-state index contributed by atoms with van der Waals surface area (Å²) < 4.78 is 20.0. The van der Waals surface area contributed by atoms with Gasteiger partial charge in [0.25, 0.3) is 11.8 Å². The van der Waals surface area contributed by atoms with E-state index in [0.717, 1.165) is 5.56 Å². The number of amides is 2. The van der Waals surface area contributed by atoms with E-state index in [4.69, 9.17) is 4.74 Å². The van der Waals surface area contributed by atoms with E-state index < -0.39 is 11.8 Å². The minimum absolute atomic E-state index is 0.232. The van der Waals surface area contributed by atoms with Gasteiger partial charge in [0, 0.05) is 10.1 Å². The van der Waals surface area contributed by atoms with Crippen molar-refractivity contribution in [2.45, 2.75) is 13.8 Å². The Bertz CT molecular complexity index is 984. The van der Waals surface area contributed by atoms with Crippen LogP contribution in [-0.4, -0.2) is 18.4 Å². The molecule has 0 unspecified atom stereocenters. The molecule has 2 N–H and O–H groups in total. The number of aryl methyl sites for hydroxylation is 2. The van der Waals surface area contributed by atoms with Crippen LogP contribution in [-0.2, 0) is 4.79 Å². The highest BCUT2D eigenvalue weighted by Gasteiger charge is 2.18. The number of ether oxygens (including phenoxy) is 1. The number of fused-ring (bicyclic) bond motifs is 1. The van der Waals surface area contributed by atoms with Crippen molar-refractivity contribution < 1.29 is 18.7 Å². The van der Waals surface area contributed by atoms with Crippen molar-refractivity contribution in [1.29, 1.82) is 0 Å². The van der Waals surface area contributed by atoms with E-state index in [1.165, 1.54) is 17.4 Å². The number of thiophene rings is 1. The number of hydrogen-bond acceptors (Lipinski definition) is 4. The molecule has 2 aromatic carbocycles. The second kappa shape index (κ2) is 7.53. The van der Waals surface area contributed by atoms with E-state index in [2.05, 4.69) is 10.9 Å². The third-order valence-electron chi connectivity index (χ3n) is 3.78. The van der Waals surface area contributed by atoms with Gasteiger partial charge in [0.1, 0.15) is 11.6 Å². The number of halogens is 1. The summed E-state index contributed by atoms with van der Waals surface area (Å²) in [6.07, 6.45) is 0. The fourth-order valence-electron chi connectivity index (χ4n) is 2.54. The summed E-state index contributed by atoms with van der Waals surface area (Å²) in [5.41, 5.74) is 6.20. The maximum absolute atomic E-state index is 13.9. The molecular weight excluding hydrogens is 355 g/mol. The van der Waals surface area contributed by atoms with Crippen LogP contribution in [0, 0.1) is 19.7 Å². The zero-order valence-corrected chi connectivity index (χ0v) is 15.1. The molecule has 1 heterocycles. The zero-order valence-electron chi connectivity index (χ0n) is 14.3. The van der Waals surface area contributed by atoms with Crippen LogP contribution in [0.2, 0.25) is 0 Å². The van der Waals surface area contributed by atoms with Gasteiger partial charge in [0.15, 0.2) is 6.61 Å². The second-order valence-corrected chi connectivity index (χ2v) is 6.83. The maximum atomic E-state index is 13.9. The first-order valence-electron chi connectivity index (χ1n) is 7.92. The summed E-state index contributed by atoms with van der Waals surface area (Å²) in [6, 6.07) is 12.0. The van der Waals surface area contributed by atoms with Crippen molar-refractivity contribution >= 4 is 33.2 Å². The average Bonchev–Trinajstić information content (AvgIpc) is 2.96. The van der Waals surface area contributed by atoms with Crippen LogP contribution < -0.4 is 15.6 Å². The predicted molar refractivity (Wildman–Crippen MR) is 98.8 cm³/mol. The first kappa shape index (κ1) is 17.9. The van der Waals surface area contributed by atoms with Gasteiger partial charge in [-0.05, 0) is 49.2 Å². The van der Waals surface area contributed by atoms with E-state index in [9.17, 15) is 14.0 Å². The Morgan fingerprint density at radius 2 is 1.88 bits per heavy atom. The summed E-state index contributed by atoms with van der Waals surface area (Å²) >= 11 is 1.18. The fourth-order valence-corrected chi connectivity index (χ4v) is 3.66. The number of hydrogen-bond donors (Lipinski definition) is 2. The molecule has 0 atom stereocenters. The number of carbonyl (C=O) groups is 2. The van der Waals surface area contributed by atoms with Crippen molar-refractivity contribution in [3.8, 4) is 5.75 Å². The number of carbonyl (C=O) groups excluding carboxylic acids is 2. The Kier molecular flexibility index (Phi) is 5.18. The lowest BCUT2D eigenvalue weighted by Crippen LogP contribution is -2.43. The molecule has 26 heavy (non-hydrogen) atoms. The van der Waals surface area contributed by atoms with Crippen molar-refractivity contribution in [3.05, 3.63) is 64.3 Å². The SMILES string of the molecule is Cc1cccc(OCC(=O)NNC(=O)c2sc3cccc(F)c3c2C)c1. The molecule has 7 heteroatoms.